The standard InChI is InChI=1S/C33H46N2O6/c1-31(2)17-33(27-21(29(40)25(38)13-23(27)31)15-34-9-5-19(36)6-10-34)18-32(3,4)24-14-26(39)30(41)22(28(24)33)16-35-11-7-20(37)8-12-35/h13-14,19-20,36-41H,5-12,15-18H2,1-4H3. The summed E-state index contributed by atoms with van der Waals surface area (Å²) in [6.45, 7) is 12.5. The number of benzene rings is 2. The Balaban J connectivity index is 1.56. The highest BCUT2D eigenvalue weighted by Gasteiger charge is 2.59. The fourth-order valence-corrected chi connectivity index (χ4v) is 8.74. The molecule has 224 valence electrons. The van der Waals surface area contributed by atoms with Gasteiger partial charge >= 0.3 is 0 Å². The number of fused-ring (bicyclic) bond motifs is 4. The number of phenolic OH excluding ortho intramolecular Hbond substituents is 4. The Labute approximate surface area is 242 Å². The predicted octanol–water partition coefficient (Wildman–Crippen LogP) is 4.07. The first kappa shape index (κ1) is 28.6. The van der Waals surface area contributed by atoms with Gasteiger partial charge < -0.3 is 30.6 Å². The molecular formula is C33H46N2O6. The number of likely N-dealkylation sites (tertiary alicyclic amines) is 2. The smallest absolute Gasteiger partial charge is 0.162 e. The summed E-state index contributed by atoms with van der Waals surface area (Å²) in [5.74, 6) is -0.404. The summed E-state index contributed by atoms with van der Waals surface area (Å²) in [5, 5.41) is 65.0. The molecule has 0 atom stereocenters. The van der Waals surface area contributed by atoms with Crippen molar-refractivity contribution in [1.82, 2.24) is 9.80 Å². The number of rotatable bonds is 4. The molecule has 2 fully saturated rings. The highest BCUT2D eigenvalue weighted by Crippen LogP contribution is 2.67. The highest BCUT2D eigenvalue weighted by molar-refractivity contribution is 5.70. The largest absolute Gasteiger partial charge is 0.504 e. The summed E-state index contributed by atoms with van der Waals surface area (Å²) in [5.41, 5.74) is 4.40. The van der Waals surface area contributed by atoms with Crippen LogP contribution >= 0.6 is 0 Å². The summed E-state index contributed by atoms with van der Waals surface area (Å²) >= 11 is 0. The molecule has 2 aliphatic heterocycles. The van der Waals surface area contributed by atoms with Crippen LogP contribution in [0.2, 0.25) is 0 Å². The number of aliphatic hydroxyl groups is 2. The van der Waals surface area contributed by atoms with Crippen LogP contribution < -0.4 is 0 Å². The molecule has 0 aromatic heterocycles. The van der Waals surface area contributed by atoms with Crippen molar-refractivity contribution in [1.29, 1.82) is 0 Å². The van der Waals surface area contributed by atoms with Gasteiger partial charge in [-0.2, -0.15) is 0 Å². The molecule has 8 heteroatoms. The molecule has 2 heterocycles. The molecule has 2 aliphatic carbocycles. The van der Waals surface area contributed by atoms with E-state index in [0.717, 1.165) is 46.2 Å². The predicted molar refractivity (Wildman–Crippen MR) is 157 cm³/mol. The topological polar surface area (TPSA) is 128 Å². The zero-order chi connectivity index (χ0) is 29.5. The highest BCUT2D eigenvalue weighted by atomic mass is 16.3. The lowest BCUT2D eigenvalue weighted by molar-refractivity contribution is 0.0785. The van der Waals surface area contributed by atoms with Gasteiger partial charge in [0.05, 0.1) is 12.2 Å². The van der Waals surface area contributed by atoms with Gasteiger partial charge in [0, 0.05) is 55.8 Å². The van der Waals surface area contributed by atoms with Crippen molar-refractivity contribution in [2.75, 3.05) is 26.2 Å². The molecular weight excluding hydrogens is 520 g/mol. The van der Waals surface area contributed by atoms with Crippen LogP contribution in [0.4, 0.5) is 0 Å². The first-order chi connectivity index (χ1) is 19.2. The molecule has 6 rings (SSSR count). The van der Waals surface area contributed by atoms with Crippen LogP contribution in [0.1, 0.15) is 99.6 Å². The Morgan fingerprint density at radius 3 is 1.32 bits per heavy atom. The molecule has 0 unspecified atom stereocenters. The molecule has 8 nitrogen and oxygen atoms in total. The molecule has 2 saturated heterocycles. The van der Waals surface area contributed by atoms with Gasteiger partial charge in [0.1, 0.15) is 0 Å². The van der Waals surface area contributed by atoms with E-state index in [0.29, 0.717) is 65.0 Å². The van der Waals surface area contributed by atoms with E-state index in [4.69, 9.17) is 0 Å². The normalized spacial score (nSPS) is 24.1. The summed E-state index contributed by atoms with van der Waals surface area (Å²) < 4.78 is 0. The van der Waals surface area contributed by atoms with Crippen LogP contribution in [0.25, 0.3) is 0 Å². The number of phenols is 4. The Morgan fingerprint density at radius 2 is 0.976 bits per heavy atom. The number of hydrogen-bond acceptors (Lipinski definition) is 8. The van der Waals surface area contributed by atoms with Gasteiger partial charge in [-0.1, -0.05) is 27.7 Å². The molecule has 0 bridgehead atoms. The third kappa shape index (κ3) is 4.58. The maximum Gasteiger partial charge on any atom is 0.162 e. The minimum atomic E-state index is -0.538. The van der Waals surface area contributed by atoms with Gasteiger partial charge in [-0.25, -0.2) is 0 Å². The minimum absolute atomic E-state index is 0.0900. The van der Waals surface area contributed by atoms with E-state index in [1.807, 2.05) is 0 Å². The van der Waals surface area contributed by atoms with Crippen LogP contribution in [-0.4, -0.2) is 78.8 Å². The maximum absolute atomic E-state index is 11.4. The molecule has 6 N–H and O–H groups in total. The summed E-state index contributed by atoms with van der Waals surface area (Å²) in [4.78, 5) is 4.49. The number of nitrogens with zero attached hydrogens (tertiary/aromatic N) is 2. The van der Waals surface area contributed by atoms with Gasteiger partial charge in [0.2, 0.25) is 0 Å². The third-order valence-corrected chi connectivity index (χ3v) is 10.5. The second-order valence-corrected chi connectivity index (χ2v) is 14.5. The van der Waals surface area contributed by atoms with Crippen LogP contribution in [0, 0.1) is 0 Å². The Hall–Kier alpha value is -2.52. The van der Waals surface area contributed by atoms with E-state index < -0.39 is 5.41 Å². The van der Waals surface area contributed by atoms with E-state index >= 15 is 0 Å². The van der Waals surface area contributed by atoms with E-state index in [2.05, 4.69) is 37.5 Å². The van der Waals surface area contributed by atoms with Gasteiger partial charge in [-0.15, -0.1) is 0 Å². The van der Waals surface area contributed by atoms with Gasteiger partial charge in [-0.05, 0) is 83.7 Å². The Bertz CT molecular complexity index is 1250. The first-order valence-corrected chi connectivity index (χ1v) is 15.2. The summed E-state index contributed by atoms with van der Waals surface area (Å²) in [6.07, 6.45) is 3.58. The lowest BCUT2D eigenvalue weighted by atomic mass is 9.70. The van der Waals surface area contributed by atoms with Crippen molar-refractivity contribution in [3.63, 3.8) is 0 Å². The van der Waals surface area contributed by atoms with E-state index in [9.17, 15) is 30.6 Å². The van der Waals surface area contributed by atoms with Crippen molar-refractivity contribution in [2.45, 2.75) is 108 Å². The fourth-order valence-electron chi connectivity index (χ4n) is 8.74. The van der Waals surface area contributed by atoms with Crippen molar-refractivity contribution >= 4 is 0 Å². The lowest BCUT2D eigenvalue weighted by Gasteiger charge is -2.36. The number of aromatic hydroxyl groups is 4. The molecule has 0 radical (unpaired) electrons. The molecule has 41 heavy (non-hydrogen) atoms. The van der Waals surface area contributed by atoms with E-state index in [1.165, 1.54) is 0 Å². The second kappa shape index (κ2) is 9.76. The second-order valence-electron chi connectivity index (χ2n) is 14.5. The van der Waals surface area contributed by atoms with Gasteiger partial charge in [0.25, 0.3) is 0 Å². The molecule has 4 aliphatic rings. The molecule has 1 spiro atoms. The Kier molecular flexibility index (Phi) is 6.81. The van der Waals surface area contributed by atoms with Crippen molar-refractivity contribution in [2.24, 2.45) is 0 Å². The molecule has 0 saturated carbocycles. The van der Waals surface area contributed by atoms with Crippen LogP contribution in [0.3, 0.4) is 0 Å². The summed E-state index contributed by atoms with van der Waals surface area (Å²) in [7, 11) is 0. The lowest BCUT2D eigenvalue weighted by Crippen LogP contribution is -2.37. The zero-order valence-corrected chi connectivity index (χ0v) is 24.9. The van der Waals surface area contributed by atoms with Gasteiger partial charge in [0.15, 0.2) is 23.0 Å². The first-order valence-electron chi connectivity index (χ1n) is 15.2. The third-order valence-electron chi connectivity index (χ3n) is 10.5. The summed E-state index contributed by atoms with van der Waals surface area (Å²) in [6, 6.07) is 3.47. The monoisotopic (exact) mass is 566 g/mol. The van der Waals surface area contributed by atoms with Crippen LogP contribution in [-0.2, 0) is 29.3 Å². The van der Waals surface area contributed by atoms with E-state index in [1.54, 1.807) is 12.1 Å². The molecule has 2 aromatic carbocycles. The minimum Gasteiger partial charge on any atom is -0.504 e. The maximum atomic E-state index is 11.4. The van der Waals surface area contributed by atoms with E-state index in [-0.39, 0.29) is 46.0 Å². The molecule has 2 aromatic rings. The van der Waals surface area contributed by atoms with Crippen LogP contribution in [0.15, 0.2) is 12.1 Å². The SMILES string of the molecule is CC1(C)CC2(CC(C)(C)c3cc(O)c(O)c(CN4CCC(O)CC4)c32)c2c1cc(O)c(O)c2CN1CCC(O)CC1. The van der Waals surface area contributed by atoms with Crippen LogP contribution in [0.5, 0.6) is 23.0 Å². The average Bonchev–Trinajstić information content (AvgIpc) is 3.25. The Morgan fingerprint density at radius 1 is 0.634 bits per heavy atom. The quantitative estimate of drug-likeness (QED) is 0.306. The van der Waals surface area contributed by atoms with Gasteiger partial charge in [-0.3, -0.25) is 9.80 Å². The fraction of sp³-hybridized carbons (Fsp3) is 0.636. The zero-order valence-electron chi connectivity index (χ0n) is 24.9. The molecule has 0 amide bonds. The van der Waals surface area contributed by atoms with Crippen molar-refractivity contribution in [3.8, 4) is 23.0 Å². The number of piperidine rings is 2. The number of aliphatic hydroxyl groups excluding tert-OH is 2. The van der Waals surface area contributed by atoms with Crippen molar-refractivity contribution < 1.29 is 30.6 Å². The van der Waals surface area contributed by atoms with Crippen molar-refractivity contribution in [3.05, 3.63) is 45.5 Å². The average molecular weight is 567 g/mol. The number of hydrogen-bond donors (Lipinski definition) is 6.